The number of nitrogens with one attached hydrogen (secondary N) is 4. The molecule has 2 aromatic rings. The third-order valence-electron chi connectivity index (χ3n) is 3.68. The van der Waals surface area contributed by atoms with Crippen molar-refractivity contribution in [2.45, 2.75) is 32.3 Å². The molecule has 2 aromatic carbocycles. The first-order chi connectivity index (χ1) is 13.7. The largest absolute Gasteiger partial charge is 0.357 e. The van der Waals surface area contributed by atoms with Gasteiger partial charge in [-0.15, -0.1) is 0 Å². The summed E-state index contributed by atoms with van der Waals surface area (Å²) in [5.74, 6) is -0.152. The molecule has 2 rings (SSSR count). The van der Waals surface area contributed by atoms with Crippen LogP contribution in [0, 0.1) is 0 Å². The maximum absolute atomic E-state index is 11.7. The van der Waals surface area contributed by atoms with Gasteiger partial charge in [0.25, 0.3) is 0 Å². The van der Waals surface area contributed by atoms with Gasteiger partial charge in [-0.25, -0.2) is 21.2 Å². The highest BCUT2D eigenvalue weighted by Crippen LogP contribution is 2.03. The van der Waals surface area contributed by atoms with Gasteiger partial charge < -0.3 is 0 Å². The number of hydroxylamine groups is 2. The van der Waals surface area contributed by atoms with Crippen LogP contribution in [-0.2, 0) is 21.1 Å². The Morgan fingerprint density at radius 1 is 0.786 bits per heavy atom. The fraction of sp³-hybridized carbons (Fsp3) is 0.300. The van der Waals surface area contributed by atoms with E-state index in [2.05, 4.69) is 21.8 Å². The number of para-hydroxylation sites is 1. The minimum Gasteiger partial charge on any atom is -0.297 e. The standard InChI is InChI=1S/C20H26N4O4/c25-19(23-28-16-17-10-4-1-5-11-17)14-8-3-9-15-27-24-20(26)22-21-18-12-6-2-7-13-18/h1-2,4-7,10-13,21H,3,8-9,14-16H2,(H,23,25)(H2,22,24,26). The average Bonchev–Trinajstić information content (AvgIpc) is 2.73. The van der Waals surface area contributed by atoms with Gasteiger partial charge in [-0.1, -0.05) is 55.0 Å². The van der Waals surface area contributed by atoms with Gasteiger partial charge in [-0.3, -0.25) is 19.9 Å². The second-order valence-electron chi connectivity index (χ2n) is 6.01. The second-order valence-corrected chi connectivity index (χ2v) is 6.01. The van der Waals surface area contributed by atoms with E-state index in [1.807, 2.05) is 60.7 Å². The van der Waals surface area contributed by atoms with Gasteiger partial charge in [0, 0.05) is 6.42 Å². The Bertz CT molecular complexity index is 698. The van der Waals surface area contributed by atoms with E-state index in [4.69, 9.17) is 9.68 Å². The molecule has 0 atom stereocenters. The number of anilines is 1. The molecule has 150 valence electrons. The highest BCUT2D eigenvalue weighted by Gasteiger charge is 2.02. The summed E-state index contributed by atoms with van der Waals surface area (Å²) in [6, 6.07) is 18.4. The number of unbranched alkanes of at least 4 members (excludes halogenated alkanes) is 2. The number of carbonyl (C=O) groups excluding carboxylic acids is 2. The molecule has 0 heterocycles. The number of carbonyl (C=O) groups is 2. The zero-order valence-corrected chi connectivity index (χ0v) is 15.6. The van der Waals surface area contributed by atoms with Gasteiger partial charge in [0.05, 0.1) is 18.9 Å². The number of hydrazine groups is 1. The lowest BCUT2D eigenvalue weighted by Crippen LogP contribution is -2.39. The topological polar surface area (TPSA) is 101 Å². The molecule has 0 saturated heterocycles. The van der Waals surface area contributed by atoms with E-state index in [-0.39, 0.29) is 5.91 Å². The number of benzene rings is 2. The summed E-state index contributed by atoms with van der Waals surface area (Å²) in [7, 11) is 0. The molecule has 0 bridgehead atoms. The van der Waals surface area contributed by atoms with Crippen molar-refractivity contribution >= 4 is 17.6 Å². The molecule has 3 amide bonds. The van der Waals surface area contributed by atoms with Crippen LogP contribution in [0.5, 0.6) is 0 Å². The predicted octanol–water partition coefficient (Wildman–Crippen LogP) is 3.05. The van der Waals surface area contributed by atoms with Crippen LogP contribution >= 0.6 is 0 Å². The molecule has 0 aliphatic carbocycles. The lowest BCUT2D eigenvalue weighted by atomic mass is 10.2. The van der Waals surface area contributed by atoms with Crippen molar-refractivity contribution < 1.29 is 19.3 Å². The van der Waals surface area contributed by atoms with Crippen LogP contribution < -0.4 is 21.8 Å². The van der Waals surface area contributed by atoms with E-state index in [1.165, 1.54) is 0 Å². The summed E-state index contributed by atoms with van der Waals surface area (Å²) in [6.45, 7) is 0.707. The molecule has 0 radical (unpaired) electrons. The maximum atomic E-state index is 11.7. The number of hydrogen-bond acceptors (Lipinski definition) is 5. The van der Waals surface area contributed by atoms with Gasteiger partial charge in [0.1, 0.15) is 0 Å². The molecule has 0 fully saturated rings. The van der Waals surface area contributed by atoms with Crippen LogP contribution in [0.15, 0.2) is 60.7 Å². The monoisotopic (exact) mass is 386 g/mol. The van der Waals surface area contributed by atoms with Crippen molar-refractivity contribution in [1.29, 1.82) is 0 Å². The lowest BCUT2D eigenvalue weighted by Gasteiger charge is -2.09. The van der Waals surface area contributed by atoms with E-state index in [1.54, 1.807) is 0 Å². The average molecular weight is 386 g/mol. The van der Waals surface area contributed by atoms with Gasteiger partial charge in [0.15, 0.2) is 0 Å². The molecule has 0 saturated carbocycles. The number of hydrogen-bond donors (Lipinski definition) is 4. The summed E-state index contributed by atoms with van der Waals surface area (Å²) in [6.07, 6.45) is 2.62. The van der Waals surface area contributed by atoms with E-state index >= 15 is 0 Å². The summed E-state index contributed by atoms with van der Waals surface area (Å²) in [5.41, 5.74) is 11.7. The van der Waals surface area contributed by atoms with Crippen molar-refractivity contribution in [3.8, 4) is 0 Å². The van der Waals surface area contributed by atoms with E-state index in [0.717, 1.165) is 24.1 Å². The van der Waals surface area contributed by atoms with Crippen LogP contribution in [0.1, 0.15) is 31.2 Å². The maximum Gasteiger partial charge on any atom is 0.357 e. The molecule has 0 aliphatic heterocycles. The molecule has 0 spiro atoms. The SMILES string of the molecule is O=C(CCCCCONC(=O)NNc1ccccc1)NOCc1ccccc1. The van der Waals surface area contributed by atoms with Crippen LogP contribution in [-0.4, -0.2) is 18.5 Å². The Kier molecular flexibility index (Phi) is 9.94. The number of urea groups is 1. The summed E-state index contributed by atoms with van der Waals surface area (Å²) >= 11 is 0. The van der Waals surface area contributed by atoms with Crippen LogP contribution in [0.4, 0.5) is 10.5 Å². The molecular formula is C20H26N4O4. The molecule has 4 N–H and O–H groups in total. The van der Waals surface area contributed by atoms with E-state index in [0.29, 0.717) is 26.1 Å². The Hall–Kier alpha value is -3.10. The minimum absolute atomic E-state index is 0.152. The first kappa shape index (κ1) is 21.2. The quantitative estimate of drug-likeness (QED) is 0.332. The van der Waals surface area contributed by atoms with E-state index in [9.17, 15) is 9.59 Å². The van der Waals surface area contributed by atoms with Crippen molar-refractivity contribution in [3.05, 3.63) is 66.2 Å². The zero-order valence-electron chi connectivity index (χ0n) is 15.6. The molecule has 28 heavy (non-hydrogen) atoms. The van der Waals surface area contributed by atoms with Crippen LogP contribution in [0.2, 0.25) is 0 Å². The minimum atomic E-state index is -0.487. The molecule has 0 aliphatic rings. The third kappa shape index (κ3) is 9.56. The van der Waals surface area contributed by atoms with Crippen molar-refractivity contribution in [1.82, 2.24) is 16.4 Å². The Morgan fingerprint density at radius 2 is 1.50 bits per heavy atom. The highest BCUT2D eigenvalue weighted by atomic mass is 16.7. The molecule has 0 unspecified atom stereocenters. The zero-order chi connectivity index (χ0) is 19.9. The predicted molar refractivity (Wildman–Crippen MR) is 106 cm³/mol. The van der Waals surface area contributed by atoms with Crippen molar-refractivity contribution in [2.24, 2.45) is 0 Å². The second kappa shape index (κ2) is 13.1. The van der Waals surface area contributed by atoms with Gasteiger partial charge in [0.2, 0.25) is 5.91 Å². The van der Waals surface area contributed by atoms with Gasteiger partial charge in [-0.05, 0) is 30.5 Å². The Balaban J connectivity index is 1.39. The van der Waals surface area contributed by atoms with Crippen molar-refractivity contribution in [2.75, 3.05) is 12.0 Å². The lowest BCUT2D eigenvalue weighted by molar-refractivity contribution is -0.134. The highest BCUT2D eigenvalue weighted by molar-refractivity contribution is 5.74. The number of rotatable bonds is 12. The van der Waals surface area contributed by atoms with Crippen LogP contribution in [0.3, 0.4) is 0 Å². The summed E-state index contributed by atoms with van der Waals surface area (Å²) in [5, 5.41) is 0. The summed E-state index contributed by atoms with van der Waals surface area (Å²) in [4.78, 5) is 33.4. The van der Waals surface area contributed by atoms with Crippen LogP contribution in [0.25, 0.3) is 0 Å². The Morgan fingerprint density at radius 3 is 2.25 bits per heavy atom. The summed E-state index contributed by atoms with van der Waals surface area (Å²) < 4.78 is 0. The smallest absolute Gasteiger partial charge is 0.297 e. The fourth-order valence-electron chi connectivity index (χ4n) is 2.25. The first-order valence-electron chi connectivity index (χ1n) is 9.17. The normalized spacial score (nSPS) is 10.1. The first-order valence-corrected chi connectivity index (χ1v) is 9.17. The number of amides is 3. The molecule has 8 nitrogen and oxygen atoms in total. The molecular weight excluding hydrogens is 360 g/mol. The molecule has 0 aromatic heterocycles. The Labute approximate surface area is 164 Å². The fourth-order valence-corrected chi connectivity index (χ4v) is 2.25. The third-order valence-corrected chi connectivity index (χ3v) is 3.68. The molecule has 8 heteroatoms. The van der Waals surface area contributed by atoms with Gasteiger partial charge >= 0.3 is 6.03 Å². The van der Waals surface area contributed by atoms with Gasteiger partial charge in [-0.2, -0.15) is 0 Å². The van der Waals surface area contributed by atoms with E-state index < -0.39 is 6.03 Å². The van der Waals surface area contributed by atoms with Crippen molar-refractivity contribution in [3.63, 3.8) is 0 Å².